The first-order valence-electron chi connectivity index (χ1n) is 7.09. The number of morpholine rings is 1. The lowest BCUT2D eigenvalue weighted by atomic mass is 10.1. The molecule has 116 valence electrons. The van der Waals surface area contributed by atoms with Crippen molar-refractivity contribution in [3.05, 3.63) is 0 Å². The van der Waals surface area contributed by atoms with Crippen molar-refractivity contribution in [2.45, 2.75) is 51.4 Å². The summed E-state index contributed by atoms with van der Waals surface area (Å²) in [6.45, 7) is 4.93. The fourth-order valence-electron chi connectivity index (χ4n) is 2.63. The molecular weight excluding hydrogens is 282 g/mol. The van der Waals surface area contributed by atoms with Gasteiger partial charge >= 0.3 is 0 Å². The van der Waals surface area contributed by atoms with Gasteiger partial charge in [-0.25, -0.2) is 0 Å². The highest BCUT2D eigenvalue weighted by Crippen LogP contribution is 2.15. The Morgan fingerprint density at radius 2 is 1.90 bits per heavy atom. The van der Waals surface area contributed by atoms with Crippen molar-refractivity contribution >= 4 is 16.1 Å². The summed E-state index contributed by atoms with van der Waals surface area (Å²) < 4.78 is 34.2. The molecule has 0 spiro atoms. The minimum Gasteiger partial charge on any atom is -0.373 e. The van der Waals surface area contributed by atoms with Gasteiger partial charge in [0, 0.05) is 19.6 Å². The Morgan fingerprint density at radius 1 is 1.25 bits per heavy atom. The topological polar surface area (TPSA) is 87.7 Å². The zero-order valence-electron chi connectivity index (χ0n) is 12.0. The van der Waals surface area contributed by atoms with Gasteiger partial charge in [0.25, 0.3) is 10.2 Å². The van der Waals surface area contributed by atoms with Gasteiger partial charge in [0.15, 0.2) is 0 Å². The quantitative estimate of drug-likeness (QED) is 0.742. The zero-order valence-corrected chi connectivity index (χ0v) is 12.8. The van der Waals surface area contributed by atoms with Gasteiger partial charge in [-0.1, -0.05) is 0 Å². The Bertz CT molecular complexity index is 444. The SMILES string of the molecule is C[C@@H]1CN(S(=O)(=O)N[C@@H]2CCCCNC2=O)C[C@H](C)O1. The van der Waals surface area contributed by atoms with Gasteiger partial charge in [-0.15, -0.1) is 0 Å². The van der Waals surface area contributed by atoms with Crippen molar-refractivity contribution in [2.24, 2.45) is 0 Å². The van der Waals surface area contributed by atoms with Gasteiger partial charge in [-0.3, -0.25) is 4.79 Å². The predicted octanol–water partition coefficient (Wildman–Crippen LogP) is -0.401. The molecule has 3 atom stereocenters. The van der Waals surface area contributed by atoms with E-state index in [2.05, 4.69) is 10.0 Å². The molecule has 2 rings (SSSR count). The van der Waals surface area contributed by atoms with Crippen LogP contribution in [-0.2, 0) is 19.7 Å². The summed E-state index contributed by atoms with van der Waals surface area (Å²) in [6, 6.07) is -0.670. The number of nitrogens with zero attached hydrogens (tertiary/aromatic N) is 1. The normalized spacial score (nSPS) is 33.5. The van der Waals surface area contributed by atoms with Crippen molar-refractivity contribution in [1.82, 2.24) is 14.3 Å². The molecule has 2 aliphatic rings. The zero-order chi connectivity index (χ0) is 14.8. The van der Waals surface area contributed by atoms with Crippen LogP contribution >= 0.6 is 0 Å². The molecule has 0 aromatic carbocycles. The highest BCUT2D eigenvalue weighted by atomic mass is 32.2. The average Bonchev–Trinajstić information content (AvgIpc) is 2.53. The third kappa shape index (κ3) is 3.91. The summed E-state index contributed by atoms with van der Waals surface area (Å²) >= 11 is 0. The molecule has 7 nitrogen and oxygen atoms in total. The monoisotopic (exact) mass is 305 g/mol. The van der Waals surface area contributed by atoms with E-state index in [-0.39, 0.29) is 18.1 Å². The number of hydrogen-bond donors (Lipinski definition) is 2. The number of carbonyl (C=O) groups excluding carboxylic acids is 1. The van der Waals surface area contributed by atoms with Crippen molar-refractivity contribution in [2.75, 3.05) is 19.6 Å². The molecule has 0 saturated carbocycles. The molecule has 0 aliphatic carbocycles. The molecule has 0 aromatic rings. The molecule has 0 bridgehead atoms. The third-order valence-electron chi connectivity index (χ3n) is 3.55. The van der Waals surface area contributed by atoms with Crippen LogP contribution in [0.3, 0.4) is 0 Å². The number of nitrogens with one attached hydrogen (secondary N) is 2. The van der Waals surface area contributed by atoms with Crippen LogP contribution < -0.4 is 10.0 Å². The Kier molecular flexibility index (Phi) is 5.00. The number of amides is 1. The van der Waals surface area contributed by atoms with Crippen molar-refractivity contribution in [3.63, 3.8) is 0 Å². The van der Waals surface area contributed by atoms with E-state index >= 15 is 0 Å². The van der Waals surface area contributed by atoms with Crippen LogP contribution in [-0.4, -0.2) is 56.5 Å². The van der Waals surface area contributed by atoms with E-state index in [1.54, 1.807) is 0 Å². The van der Waals surface area contributed by atoms with Crippen molar-refractivity contribution in [3.8, 4) is 0 Å². The first-order valence-corrected chi connectivity index (χ1v) is 8.53. The van der Waals surface area contributed by atoms with Gasteiger partial charge in [-0.05, 0) is 33.1 Å². The lowest BCUT2D eigenvalue weighted by Gasteiger charge is -2.35. The Balaban J connectivity index is 2.04. The largest absolute Gasteiger partial charge is 0.373 e. The minimum absolute atomic E-state index is 0.140. The standard InChI is InChI=1S/C12H23N3O4S/c1-9-7-15(8-10(2)19-9)20(17,18)14-11-5-3-4-6-13-12(11)16/h9-11,14H,3-8H2,1-2H3,(H,13,16)/t9-,10+,11-/m1/s1. The first kappa shape index (κ1) is 15.7. The smallest absolute Gasteiger partial charge is 0.280 e. The molecule has 8 heteroatoms. The van der Waals surface area contributed by atoms with Gasteiger partial charge in [0.1, 0.15) is 6.04 Å². The average molecular weight is 305 g/mol. The van der Waals surface area contributed by atoms with E-state index in [4.69, 9.17) is 4.74 Å². The summed E-state index contributed by atoms with van der Waals surface area (Å²) in [4.78, 5) is 11.8. The summed E-state index contributed by atoms with van der Waals surface area (Å²) in [7, 11) is -3.66. The van der Waals surface area contributed by atoms with E-state index in [0.29, 0.717) is 26.1 Å². The summed E-state index contributed by atoms with van der Waals surface area (Å²) in [5, 5.41) is 2.73. The van der Waals surface area contributed by atoms with E-state index < -0.39 is 16.3 Å². The molecule has 2 fully saturated rings. The highest BCUT2D eigenvalue weighted by molar-refractivity contribution is 7.87. The summed E-state index contributed by atoms with van der Waals surface area (Å²) in [6.07, 6.45) is 1.98. The molecule has 0 radical (unpaired) electrons. The van der Waals surface area contributed by atoms with Crippen molar-refractivity contribution in [1.29, 1.82) is 0 Å². The minimum atomic E-state index is -3.66. The molecule has 2 N–H and O–H groups in total. The maximum absolute atomic E-state index is 12.4. The van der Waals surface area contributed by atoms with Crippen LogP contribution in [0.4, 0.5) is 0 Å². The Labute approximate surface area is 120 Å². The van der Waals surface area contributed by atoms with Gasteiger partial charge < -0.3 is 10.1 Å². The van der Waals surface area contributed by atoms with Crippen LogP contribution in [0.15, 0.2) is 0 Å². The van der Waals surface area contributed by atoms with E-state index in [1.807, 2.05) is 13.8 Å². The summed E-state index contributed by atoms with van der Waals surface area (Å²) in [5.41, 5.74) is 0. The first-order chi connectivity index (χ1) is 9.38. The second kappa shape index (κ2) is 6.38. The summed E-state index contributed by atoms with van der Waals surface area (Å²) in [5.74, 6) is -0.236. The fraction of sp³-hybridized carbons (Fsp3) is 0.917. The van der Waals surface area contributed by atoms with Crippen LogP contribution in [0, 0.1) is 0 Å². The van der Waals surface area contributed by atoms with E-state index in [9.17, 15) is 13.2 Å². The van der Waals surface area contributed by atoms with Crippen molar-refractivity contribution < 1.29 is 17.9 Å². The molecule has 2 heterocycles. The molecule has 20 heavy (non-hydrogen) atoms. The molecule has 2 aliphatic heterocycles. The van der Waals surface area contributed by atoms with Gasteiger partial charge in [-0.2, -0.15) is 17.4 Å². The Morgan fingerprint density at radius 3 is 2.55 bits per heavy atom. The number of carbonyl (C=O) groups is 1. The lowest BCUT2D eigenvalue weighted by Crippen LogP contribution is -2.55. The molecular formula is C12H23N3O4S. The molecule has 2 saturated heterocycles. The molecule has 0 unspecified atom stereocenters. The number of ether oxygens (including phenoxy) is 1. The molecule has 1 amide bonds. The number of rotatable bonds is 3. The second-order valence-electron chi connectivity index (χ2n) is 5.54. The van der Waals surface area contributed by atoms with Gasteiger partial charge in [0.05, 0.1) is 12.2 Å². The lowest BCUT2D eigenvalue weighted by molar-refractivity contribution is -0.122. The van der Waals surface area contributed by atoms with Crippen LogP contribution in [0.5, 0.6) is 0 Å². The maximum Gasteiger partial charge on any atom is 0.280 e. The number of hydrogen-bond acceptors (Lipinski definition) is 4. The highest BCUT2D eigenvalue weighted by Gasteiger charge is 2.34. The fourth-order valence-corrected chi connectivity index (χ4v) is 4.18. The molecule has 0 aromatic heterocycles. The van der Waals surface area contributed by atoms with E-state index in [0.717, 1.165) is 12.8 Å². The van der Waals surface area contributed by atoms with Crippen LogP contribution in [0.1, 0.15) is 33.1 Å². The van der Waals surface area contributed by atoms with Crippen LogP contribution in [0.2, 0.25) is 0 Å². The van der Waals surface area contributed by atoms with Crippen LogP contribution in [0.25, 0.3) is 0 Å². The maximum atomic E-state index is 12.4. The van der Waals surface area contributed by atoms with E-state index in [1.165, 1.54) is 4.31 Å². The third-order valence-corrected chi connectivity index (χ3v) is 5.11. The Hall–Kier alpha value is -0.700. The second-order valence-corrected chi connectivity index (χ2v) is 7.24. The predicted molar refractivity (Wildman–Crippen MR) is 74.3 cm³/mol. The van der Waals surface area contributed by atoms with Gasteiger partial charge in [0.2, 0.25) is 5.91 Å².